The summed E-state index contributed by atoms with van der Waals surface area (Å²) in [7, 11) is 0. The lowest BCUT2D eigenvalue weighted by molar-refractivity contribution is -0.138. The van der Waals surface area contributed by atoms with Gasteiger partial charge in [-0.15, -0.1) is 0 Å². The summed E-state index contributed by atoms with van der Waals surface area (Å²) in [4.78, 5) is 21.7. The summed E-state index contributed by atoms with van der Waals surface area (Å²) >= 11 is 0. The number of amides is 1. The van der Waals surface area contributed by atoms with Crippen LogP contribution in [0.2, 0.25) is 0 Å². The molecule has 96 valence electrons. The van der Waals surface area contributed by atoms with E-state index in [-0.39, 0.29) is 36.5 Å². The quantitative estimate of drug-likeness (QED) is 0.836. The molecule has 1 fully saturated rings. The number of carbonyl (C=O) groups is 2. The molecule has 0 aliphatic heterocycles. The molecule has 0 saturated heterocycles. The van der Waals surface area contributed by atoms with E-state index in [1.807, 2.05) is 0 Å². The predicted molar refractivity (Wildman–Crippen MR) is 62.6 cm³/mol. The van der Waals surface area contributed by atoms with Crippen molar-refractivity contribution < 1.29 is 19.1 Å². The molecule has 0 bridgehead atoms. The predicted octanol–water partition coefficient (Wildman–Crippen LogP) is 1.66. The van der Waals surface area contributed by atoms with Crippen LogP contribution in [-0.4, -0.2) is 23.0 Å². The minimum Gasteiger partial charge on any atom is -0.481 e. The van der Waals surface area contributed by atoms with Gasteiger partial charge in [0, 0.05) is 18.4 Å². The molecule has 4 nitrogen and oxygen atoms in total. The van der Waals surface area contributed by atoms with Gasteiger partial charge in [0.05, 0.1) is 6.42 Å². The smallest absolute Gasteiger partial charge is 0.303 e. The largest absolute Gasteiger partial charge is 0.481 e. The van der Waals surface area contributed by atoms with Gasteiger partial charge in [0.15, 0.2) is 0 Å². The van der Waals surface area contributed by atoms with E-state index in [1.165, 1.54) is 12.1 Å². The van der Waals surface area contributed by atoms with Gasteiger partial charge in [0.25, 0.3) is 0 Å². The fourth-order valence-corrected chi connectivity index (χ4v) is 1.93. The molecule has 0 radical (unpaired) electrons. The van der Waals surface area contributed by atoms with Crippen molar-refractivity contribution in [1.82, 2.24) is 5.32 Å². The summed E-state index contributed by atoms with van der Waals surface area (Å²) in [5, 5.41) is 11.2. The van der Waals surface area contributed by atoms with Gasteiger partial charge in [-0.2, -0.15) is 0 Å². The van der Waals surface area contributed by atoms with E-state index < -0.39 is 5.97 Å². The van der Waals surface area contributed by atoms with Crippen molar-refractivity contribution in [1.29, 1.82) is 0 Å². The molecular weight excluding hydrogens is 237 g/mol. The fourth-order valence-electron chi connectivity index (χ4n) is 1.93. The van der Waals surface area contributed by atoms with Crippen LogP contribution in [0.3, 0.4) is 0 Å². The van der Waals surface area contributed by atoms with E-state index in [2.05, 4.69) is 5.32 Å². The van der Waals surface area contributed by atoms with Gasteiger partial charge in [0.2, 0.25) is 5.91 Å². The van der Waals surface area contributed by atoms with E-state index in [4.69, 9.17) is 5.11 Å². The number of halogens is 1. The fraction of sp³-hybridized carbons (Fsp3) is 0.385. The molecule has 0 spiro atoms. The highest BCUT2D eigenvalue weighted by Gasteiger charge is 2.39. The van der Waals surface area contributed by atoms with Crippen molar-refractivity contribution in [3.63, 3.8) is 0 Å². The summed E-state index contributed by atoms with van der Waals surface area (Å²) in [5.41, 5.74) is 1.000. The van der Waals surface area contributed by atoms with Crippen molar-refractivity contribution >= 4 is 11.9 Å². The monoisotopic (exact) mass is 251 g/mol. The normalized spacial score (nSPS) is 21.4. The standard InChI is InChI=1S/C13H14FNO3/c14-9-3-1-8(2-4-9)10-7-11(10)15-12(16)5-6-13(17)18/h1-4,10-11H,5-7H2,(H,15,16)(H,17,18)/t10-,11+/m0/s1. The van der Waals surface area contributed by atoms with Gasteiger partial charge in [-0.3, -0.25) is 9.59 Å². The van der Waals surface area contributed by atoms with Gasteiger partial charge < -0.3 is 10.4 Å². The molecule has 2 rings (SSSR count). The number of carbonyl (C=O) groups excluding carboxylic acids is 1. The first-order valence-electron chi connectivity index (χ1n) is 5.83. The second kappa shape index (κ2) is 5.16. The molecule has 1 aliphatic carbocycles. The maximum absolute atomic E-state index is 12.7. The number of carboxylic acids is 1. The average Bonchev–Trinajstić information content (AvgIpc) is 3.07. The molecule has 1 aromatic rings. The lowest BCUT2D eigenvalue weighted by atomic mass is 10.1. The number of nitrogens with one attached hydrogen (secondary N) is 1. The van der Waals surface area contributed by atoms with Crippen LogP contribution in [0.15, 0.2) is 24.3 Å². The van der Waals surface area contributed by atoms with Crippen LogP contribution in [-0.2, 0) is 9.59 Å². The SMILES string of the molecule is O=C(O)CCC(=O)N[C@@H]1C[C@H]1c1ccc(F)cc1. The van der Waals surface area contributed by atoms with Gasteiger partial charge in [-0.05, 0) is 24.1 Å². The Morgan fingerprint density at radius 2 is 1.94 bits per heavy atom. The first-order valence-corrected chi connectivity index (χ1v) is 5.83. The van der Waals surface area contributed by atoms with E-state index in [9.17, 15) is 14.0 Å². The number of benzene rings is 1. The van der Waals surface area contributed by atoms with Crippen LogP contribution in [0, 0.1) is 5.82 Å². The molecule has 2 atom stereocenters. The lowest BCUT2D eigenvalue weighted by Gasteiger charge is -2.03. The highest BCUT2D eigenvalue weighted by Crippen LogP contribution is 2.40. The maximum Gasteiger partial charge on any atom is 0.303 e. The Labute approximate surface area is 104 Å². The Morgan fingerprint density at radius 1 is 1.28 bits per heavy atom. The van der Waals surface area contributed by atoms with Crippen LogP contribution >= 0.6 is 0 Å². The van der Waals surface area contributed by atoms with E-state index in [0.29, 0.717) is 0 Å². The van der Waals surface area contributed by atoms with Gasteiger partial charge in [-0.25, -0.2) is 4.39 Å². The summed E-state index contributed by atoms with van der Waals surface area (Å²) in [5.74, 6) is -1.27. The Morgan fingerprint density at radius 3 is 2.56 bits per heavy atom. The third-order valence-corrected chi connectivity index (χ3v) is 3.00. The molecule has 0 aromatic heterocycles. The van der Waals surface area contributed by atoms with Crippen LogP contribution in [0.4, 0.5) is 4.39 Å². The first kappa shape index (κ1) is 12.5. The zero-order valence-corrected chi connectivity index (χ0v) is 9.73. The zero-order chi connectivity index (χ0) is 13.1. The van der Waals surface area contributed by atoms with Crippen molar-refractivity contribution in [2.24, 2.45) is 0 Å². The summed E-state index contributed by atoms with van der Waals surface area (Å²) in [6.07, 6.45) is 0.673. The Kier molecular flexibility index (Phi) is 3.60. The van der Waals surface area contributed by atoms with Crippen LogP contribution in [0.25, 0.3) is 0 Å². The lowest BCUT2D eigenvalue weighted by Crippen LogP contribution is -2.26. The second-order valence-corrected chi connectivity index (χ2v) is 4.46. The van der Waals surface area contributed by atoms with Gasteiger partial charge >= 0.3 is 5.97 Å². The van der Waals surface area contributed by atoms with E-state index in [0.717, 1.165) is 12.0 Å². The minimum atomic E-state index is -0.976. The minimum absolute atomic E-state index is 0.00196. The van der Waals surface area contributed by atoms with Crippen LogP contribution in [0.5, 0.6) is 0 Å². The molecule has 1 saturated carbocycles. The number of rotatable bonds is 5. The van der Waals surface area contributed by atoms with E-state index in [1.54, 1.807) is 12.1 Å². The van der Waals surface area contributed by atoms with Crippen LogP contribution < -0.4 is 5.32 Å². The number of aliphatic carboxylic acids is 1. The van der Waals surface area contributed by atoms with Crippen molar-refractivity contribution in [3.05, 3.63) is 35.6 Å². The van der Waals surface area contributed by atoms with Crippen molar-refractivity contribution in [2.75, 3.05) is 0 Å². The highest BCUT2D eigenvalue weighted by molar-refractivity contribution is 5.81. The Hall–Kier alpha value is -1.91. The molecule has 2 N–H and O–H groups in total. The Bertz CT molecular complexity index is 458. The number of hydrogen-bond acceptors (Lipinski definition) is 2. The first-order chi connectivity index (χ1) is 8.56. The molecule has 5 heteroatoms. The zero-order valence-electron chi connectivity index (χ0n) is 9.73. The molecule has 18 heavy (non-hydrogen) atoms. The average molecular weight is 251 g/mol. The third kappa shape index (κ3) is 3.29. The Balaban J connectivity index is 1.79. The number of hydrogen-bond donors (Lipinski definition) is 2. The second-order valence-electron chi connectivity index (χ2n) is 4.46. The summed E-state index contributed by atoms with van der Waals surface area (Å²) in [6.45, 7) is 0. The van der Waals surface area contributed by atoms with E-state index >= 15 is 0 Å². The highest BCUT2D eigenvalue weighted by atomic mass is 19.1. The molecular formula is C13H14FNO3. The maximum atomic E-state index is 12.7. The van der Waals surface area contributed by atoms with Crippen molar-refractivity contribution in [3.8, 4) is 0 Å². The topological polar surface area (TPSA) is 66.4 Å². The van der Waals surface area contributed by atoms with Gasteiger partial charge in [0.1, 0.15) is 5.82 Å². The van der Waals surface area contributed by atoms with Crippen LogP contribution in [0.1, 0.15) is 30.7 Å². The molecule has 1 aliphatic rings. The third-order valence-electron chi connectivity index (χ3n) is 3.00. The van der Waals surface area contributed by atoms with Crippen molar-refractivity contribution in [2.45, 2.75) is 31.2 Å². The molecule has 0 unspecified atom stereocenters. The summed E-state index contributed by atoms with van der Waals surface area (Å²) in [6, 6.07) is 6.28. The molecule has 0 heterocycles. The summed E-state index contributed by atoms with van der Waals surface area (Å²) < 4.78 is 12.7. The van der Waals surface area contributed by atoms with Gasteiger partial charge in [-0.1, -0.05) is 12.1 Å². The number of carboxylic acid groups (broad SMARTS) is 1. The molecule has 1 amide bonds. The molecule has 1 aromatic carbocycles.